The monoisotopic (exact) mass is 329 g/mol. The molecule has 0 spiro atoms. The Balaban J connectivity index is 2.89. The lowest BCUT2D eigenvalue weighted by Gasteiger charge is -2.16. The minimum Gasteiger partial charge on any atom is -0.493 e. The third-order valence-electron chi connectivity index (χ3n) is 2.53. The number of carbonyl (C=O) groups excluding carboxylic acids is 2. The van der Waals surface area contributed by atoms with Crippen molar-refractivity contribution < 1.29 is 23.8 Å². The second kappa shape index (κ2) is 8.48. The van der Waals surface area contributed by atoms with Crippen molar-refractivity contribution >= 4 is 23.5 Å². The summed E-state index contributed by atoms with van der Waals surface area (Å²) >= 11 is 6.12. The number of rotatable bonds is 7. The Morgan fingerprint density at radius 3 is 2.55 bits per heavy atom. The van der Waals surface area contributed by atoms with Gasteiger partial charge in [0.1, 0.15) is 0 Å². The van der Waals surface area contributed by atoms with Crippen LogP contribution in [0.5, 0.6) is 11.5 Å². The maximum absolute atomic E-state index is 12.0. The summed E-state index contributed by atoms with van der Waals surface area (Å²) in [5.41, 5.74) is 0.183. The maximum Gasteiger partial charge on any atom is 0.338 e. The van der Waals surface area contributed by atoms with Crippen LogP contribution in [0.25, 0.3) is 0 Å². The average molecular weight is 330 g/mol. The Bertz CT molecular complexity index is 545. The molecule has 0 aliphatic carbocycles. The molecule has 1 rings (SSSR count). The molecule has 0 bridgehead atoms. The molecule has 0 aliphatic heterocycles. The molecule has 0 unspecified atom stereocenters. The quantitative estimate of drug-likeness (QED) is 0.778. The van der Waals surface area contributed by atoms with Gasteiger partial charge in [0.25, 0.3) is 5.91 Å². The van der Waals surface area contributed by atoms with E-state index in [4.69, 9.17) is 25.8 Å². The van der Waals surface area contributed by atoms with Crippen molar-refractivity contribution in [3.63, 3.8) is 0 Å². The molecule has 0 fully saturated rings. The topological polar surface area (TPSA) is 73.9 Å². The molecule has 0 aromatic heterocycles. The van der Waals surface area contributed by atoms with E-state index in [1.807, 2.05) is 13.8 Å². The van der Waals surface area contributed by atoms with E-state index in [0.29, 0.717) is 18.0 Å². The first kappa shape index (κ1) is 18.1. The zero-order valence-corrected chi connectivity index (χ0v) is 13.8. The molecule has 122 valence electrons. The Morgan fingerprint density at radius 1 is 1.32 bits per heavy atom. The van der Waals surface area contributed by atoms with Crippen LogP contribution in [-0.4, -0.2) is 38.2 Å². The van der Waals surface area contributed by atoms with Gasteiger partial charge in [0.15, 0.2) is 18.1 Å². The van der Waals surface area contributed by atoms with Crippen LogP contribution in [0, 0.1) is 0 Å². The van der Waals surface area contributed by atoms with Crippen LogP contribution in [0.15, 0.2) is 12.1 Å². The highest BCUT2D eigenvalue weighted by Crippen LogP contribution is 2.37. The van der Waals surface area contributed by atoms with Gasteiger partial charge in [-0.25, -0.2) is 4.79 Å². The Kier molecular flexibility index (Phi) is 6.98. The Hall–Kier alpha value is -1.95. The zero-order valence-electron chi connectivity index (χ0n) is 13.1. The van der Waals surface area contributed by atoms with Crippen molar-refractivity contribution in [2.24, 2.45) is 0 Å². The fourth-order valence-electron chi connectivity index (χ4n) is 1.65. The number of esters is 1. The minimum absolute atomic E-state index is 0.0954. The molecule has 0 radical (unpaired) electrons. The normalized spacial score (nSPS) is 10.3. The number of carbonyl (C=O) groups is 2. The van der Waals surface area contributed by atoms with Gasteiger partial charge in [0.05, 0.1) is 23.8 Å². The summed E-state index contributed by atoms with van der Waals surface area (Å²) in [7, 11) is 1.45. The van der Waals surface area contributed by atoms with Gasteiger partial charge in [-0.15, -0.1) is 0 Å². The van der Waals surface area contributed by atoms with Gasteiger partial charge in [-0.2, -0.15) is 0 Å². The standard InChI is InChI=1S/C15H20ClNO5/c1-5-17-13(18)8-21-15(19)10-6-11(16)14(22-9(2)3)12(7-10)20-4/h6-7,9H,5,8H2,1-4H3,(H,17,18). The van der Waals surface area contributed by atoms with Gasteiger partial charge < -0.3 is 19.5 Å². The second-order valence-corrected chi connectivity index (χ2v) is 5.09. The van der Waals surface area contributed by atoms with Crippen LogP contribution in [0.1, 0.15) is 31.1 Å². The first-order valence-corrected chi connectivity index (χ1v) is 7.24. The summed E-state index contributed by atoms with van der Waals surface area (Å²) in [6.45, 7) is 5.60. The smallest absolute Gasteiger partial charge is 0.338 e. The largest absolute Gasteiger partial charge is 0.493 e. The summed E-state index contributed by atoms with van der Waals surface area (Å²) in [6, 6.07) is 2.88. The molecule has 1 N–H and O–H groups in total. The van der Waals surface area contributed by atoms with Gasteiger partial charge in [0.2, 0.25) is 0 Å². The SMILES string of the molecule is CCNC(=O)COC(=O)c1cc(Cl)c(OC(C)C)c(OC)c1. The number of ether oxygens (including phenoxy) is 3. The van der Waals surface area contributed by atoms with Gasteiger partial charge in [0, 0.05) is 6.54 Å². The van der Waals surface area contributed by atoms with Crippen molar-refractivity contribution in [1.82, 2.24) is 5.32 Å². The van der Waals surface area contributed by atoms with Crippen molar-refractivity contribution in [3.8, 4) is 11.5 Å². The summed E-state index contributed by atoms with van der Waals surface area (Å²) in [6.07, 6.45) is -0.0954. The lowest BCUT2D eigenvalue weighted by Crippen LogP contribution is -2.28. The first-order valence-electron chi connectivity index (χ1n) is 6.87. The van der Waals surface area contributed by atoms with Crippen molar-refractivity contribution in [2.45, 2.75) is 26.9 Å². The van der Waals surface area contributed by atoms with E-state index >= 15 is 0 Å². The molecule has 0 aliphatic rings. The molecular formula is C15H20ClNO5. The fourth-order valence-corrected chi connectivity index (χ4v) is 1.91. The van der Waals surface area contributed by atoms with E-state index in [1.54, 1.807) is 6.92 Å². The molecule has 1 aromatic rings. The lowest BCUT2D eigenvalue weighted by molar-refractivity contribution is -0.124. The summed E-state index contributed by atoms with van der Waals surface area (Å²) in [4.78, 5) is 23.2. The lowest BCUT2D eigenvalue weighted by atomic mass is 10.2. The van der Waals surface area contributed by atoms with E-state index in [1.165, 1.54) is 19.2 Å². The van der Waals surface area contributed by atoms with Gasteiger partial charge in [-0.1, -0.05) is 11.6 Å². The van der Waals surface area contributed by atoms with E-state index in [2.05, 4.69) is 5.32 Å². The predicted molar refractivity (Wildman–Crippen MR) is 82.7 cm³/mol. The molecule has 1 aromatic carbocycles. The molecule has 0 saturated carbocycles. The van der Waals surface area contributed by atoms with E-state index in [0.717, 1.165) is 0 Å². The summed E-state index contributed by atoms with van der Waals surface area (Å²) in [5.74, 6) is -0.346. The molecule has 0 saturated heterocycles. The number of halogens is 1. The average Bonchev–Trinajstić information content (AvgIpc) is 2.46. The van der Waals surface area contributed by atoms with Crippen LogP contribution in [-0.2, 0) is 9.53 Å². The summed E-state index contributed by atoms with van der Waals surface area (Å²) < 4.78 is 15.7. The fraction of sp³-hybridized carbons (Fsp3) is 0.467. The Morgan fingerprint density at radius 2 is 2.00 bits per heavy atom. The highest BCUT2D eigenvalue weighted by Gasteiger charge is 2.18. The summed E-state index contributed by atoms with van der Waals surface area (Å²) in [5, 5.41) is 2.76. The zero-order chi connectivity index (χ0) is 16.7. The highest BCUT2D eigenvalue weighted by molar-refractivity contribution is 6.32. The number of likely N-dealkylation sites (N-methyl/N-ethyl adjacent to an activating group) is 1. The number of nitrogens with one attached hydrogen (secondary N) is 1. The number of hydrogen-bond acceptors (Lipinski definition) is 5. The van der Waals surface area contributed by atoms with Gasteiger partial charge >= 0.3 is 5.97 Å². The molecule has 0 heterocycles. The van der Waals surface area contributed by atoms with Gasteiger partial charge in [-0.05, 0) is 32.9 Å². The number of amides is 1. The highest BCUT2D eigenvalue weighted by atomic mass is 35.5. The minimum atomic E-state index is -0.664. The van der Waals surface area contributed by atoms with Crippen molar-refractivity contribution in [1.29, 1.82) is 0 Å². The molecular weight excluding hydrogens is 310 g/mol. The van der Waals surface area contributed by atoms with Crippen LogP contribution in [0.2, 0.25) is 5.02 Å². The molecule has 1 amide bonds. The van der Waals surface area contributed by atoms with E-state index < -0.39 is 5.97 Å². The van der Waals surface area contributed by atoms with Crippen LogP contribution in [0.4, 0.5) is 0 Å². The number of methoxy groups -OCH3 is 1. The second-order valence-electron chi connectivity index (χ2n) is 4.69. The Labute approximate surface area is 134 Å². The third-order valence-corrected chi connectivity index (χ3v) is 2.81. The molecule has 22 heavy (non-hydrogen) atoms. The number of benzene rings is 1. The van der Waals surface area contributed by atoms with E-state index in [-0.39, 0.29) is 29.2 Å². The van der Waals surface area contributed by atoms with Crippen LogP contribution < -0.4 is 14.8 Å². The molecule has 0 atom stereocenters. The van der Waals surface area contributed by atoms with Crippen molar-refractivity contribution in [3.05, 3.63) is 22.7 Å². The molecule has 7 heteroatoms. The third kappa shape index (κ3) is 5.11. The van der Waals surface area contributed by atoms with Gasteiger partial charge in [-0.3, -0.25) is 4.79 Å². The predicted octanol–water partition coefficient (Wildman–Crippen LogP) is 2.43. The number of hydrogen-bond donors (Lipinski definition) is 1. The molecule has 6 nitrogen and oxygen atoms in total. The van der Waals surface area contributed by atoms with Crippen molar-refractivity contribution in [2.75, 3.05) is 20.3 Å². The first-order chi connectivity index (χ1) is 10.4. The van der Waals surface area contributed by atoms with Crippen LogP contribution in [0.3, 0.4) is 0 Å². The van der Waals surface area contributed by atoms with Crippen LogP contribution >= 0.6 is 11.6 Å². The van der Waals surface area contributed by atoms with E-state index in [9.17, 15) is 9.59 Å². The maximum atomic E-state index is 12.0.